The number of unbranched alkanes of at least 4 members (excludes halogenated alkanes) is 1. The van der Waals surface area contributed by atoms with E-state index in [4.69, 9.17) is 23.2 Å². The number of anilines is 1. The molecule has 1 N–H and O–H groups in total. The first-order valence-corrected chi connectivity index (χ1v) is 9.40. The van der Waals surface area contributed by atoms with Crippen molar-refractivity contribution in [2.75, 3.05) is 5.32 Å². The van der Waals surface area contributed by atoms with E-state index in [1.165, 1.54) is 11.3 Å². The molecule has 0 fully saturated rings. The summed E-state index contributed by atoms with van der Waals surface area (Å²) in [7, 11) is 0. The summed E-state index contributed by atoms with van der Waals surface area (Å²) in [4.78, 5) is 16.8. The highest BCUT2D eigenvalue weighted by molar-refractivity contribution is 7.14. The zero-order valence-corrected chi connectivity index (χ0v) is 15.6. The molecule has 3 nitrogen and oxygen atoms in total. The molecular weight excluding hydrogens is 351 g/mol. The summed E-state index contributed by atoms with van der Waals surface area (Å²) in [5, 5.41) is 6.46. The molecule has 0 unspecified atom stereocenters. The van der Waals surface area contributed by atoms with Gasteiger partial charge in [-0.25, -0.2) is 4.98 Å². The van der Waals surface area contributed by atoms with Gasteiger partial charge in [0.1, 0.15) is 0 Å². The highest BCUT2D eigenvalue weighted by Crippen LogP contribution is 2.30. The molecule has 1 heterocycles. The summed E-state index contributed by atoms with van der Waals surface area (Å²) in [6.07, 6.45) is 3.93. The second-order valence-electron chi connectivity index (χ2n) is 5.40. The fourth-order valence-corrected chi connectivity index (χ4v) is 3.32. The van der Waals surface area contributed by atoms with Gasteiger partial charge in [0.05, 0.1) is 15.7 Å². The average molecular weight is 371 g/mol. The number of halogens is 2. The first-order chi connectivity index (χ1) is 11.0. The van der Waals surface area contributed by atoms with Crippen LogP contribution in [0.5, 0.6) is 0 Å². The molecule has 0 aliphatic heterocycles. The largest absolute Gasteiger partial charge is 0.302 e. The molecule has 0 bridgehead atoms. The van der Waals surface area contributed by atoms with Gasteiger partial charge in [0.25, 0.3) is 0 Å². The molecule has 2 rings (SSSR count). The third kappa shape index (κ3) is 4.93. The number of thiazole rings is 1. The third-order valence-corrected chi connectivity index (χ3v) is 5.22. The third-order valence-electron chi connectivity index (χ3n) is 3.72. The van der Waals surface area contributed by atoms with Crippen LogP contribution in [0.2, 0.25) is 10.0 Å². The van der Waals surface area contributed by atoms with E-state index in [-0.39, 0.29) is 11.8 Å². The lowest BCUT2D eigenvalue weighted by molar-refractivity contribution is -0.120. The van der Waals surface area contributed by atoms with E-state index in [0.717, 1.165) is 36.9 Å². The summed E-state index contributed by atoms with van der Waals surface area (Å²) in [5.74, 6) is 0.100. The van der Waals surface area contributed by atoms with Gasteiger partial charge >= 0.3 is 0 Å². The molecule has 1 aromatic carbocycles. The van der Waals surface area contributed by atoms with E-state index < -0.39 is 0 Å². The molecule has 1 atom stereocenters. The van der Waals surface area contributed by atoms with Gasteiger partial charge in [0.2, 0.25) is 5.91 Å². The van der Waals surface area contributed by atoms with E-state index >= 15 is 0 Å². The average Bonchev–Trinajstić information content (AvgIpc) is 2.99. The Hall–Kier alpha value is -1.10. The Morgan fingerprint density at radius 1 is 1.30 bits per heavy atom. The lowest BCUT2D eigenvalue weighted by Crippen LogP contribution is -2.22. The molecule has 1 aromatic heterocycles. The molecule has 2 aromatic rings. The molecule has 0 aliphatic carbocycles. The van der Waals surface area contributed by atoms with E-state index in [1.807, 2.05) is 18.4 Å². The minimum absolute atomic E-state index is 0.0484. The van der Waals surface area contributed by atoms with Crippen molar-refractivity contribution in [3.63, 3.8) is 0 Å². The van der Waals surface area contributed by atoms with Crippen LogP contribution in [-0.4, -0.2) is 10.9 Å². The zero-order chi connectivity index (χ0) is 16.8. The first-order valence-electron chi connectivity index (χ1n) is 7.77. The molecule has 6 heteroatoms. The molecular formula is C17H20Cl2N2OS. The summed E-state index contributed by atoms with van der Waals surface area (Å²) >= 11 is 13.4. The Morgan fingerprint density at radius 3 is 2.74 bits per heavy atom. The predicted octanol–water partition coefficient (Wildman–Crippen LogP) is 6.27. The lowest BCUT2D eigenvalue weighted by Gasteiger charge is -2.12. The number of nitrogens with zero attached hydrogens (tertiary/aromatic N) is 1. The van der Waals surface area contributed by atoms with Crippen molar-refractivity contribution in [1.82, 2.24) is 4.98 Å². The highest BCUT2D eigenvalue weighted by Gasteiger charge is 2.17. The molecule has 23 heavy (non-hydrogen) atoms. The van der Waals surface area contributed by atoms with Gasteiger partial charge in [-0.1, -0.05) is 56.0 Å². The SMILES string of the molecule is CCCC[C@H](CC)C(=O)Nc1nc(-c2ccc(Cl)c(Cl)c2)cs1. The zero-order valence-electron chi connectivity index (χ0n) is 13.2. The van der Waals surface area contributed by atoms with Crippen LogP contribution in [0.1, 0.15) is 39.5 Å². The van der Waals surface area contributed by atoms with Gasteiger partial charge in [-0.3, -0.25) is 4.79 Å². The monoisotopic (exact) mass is 370 g/mol. The van der Waals surface area contributed by atoms with Crippen molar-refractivity contribution < 1.29 is 4.79 Å². The molecule has 0 saturated carbocycles. The van der Waals surface area contributed by atoms with Crippen molar-refractivity contribution in [2.24, 2.45) is 5.92 Å². The Bertz CT molecular complexity index is 672. The first kappa shape index (κ1) is 18.2. The molecule has 0 aliphatic rings. The minimum Gasteiger partial charge on any atom is -0.302 e. The van der Waals surface area contributed by atoms with Crippen molar-refractivity contribution in [2.45, 2.75) is 39.5 Å². The molecule has 0 radical (unpaired) electrons. The summed E-state index contributed by atoms with van der Waals surface area (Å²) in [6.45, 7) is 4.18. The van der Waals surface area contributed by atoms with Gasteiger partial charge in [-0.2, -0.15) is 0 Å². The highest BCUT2D eigenvalue weighted by atomic mass is 35.5. The van der Waals surface area contributed by atoms with Crippen LogP contribution in [0.15, 0.2) is 23.6 Å². The fraction of sp³-hybridized carbons (Fsp3) is 0.412. The number of carbonyl (C=O) groups is 1. The van der Waals surface area contributed by atoms with Gasteiger partial charge in [-0.15, -0.1) is 11.3 Å². The molecule has 0 saturated heterocycles. The normalized spacial score (nSPS) is 12.2. The Morgan fingerprint density at radius 2 is 2.09 bits per heavy atom. The van der Waals surface area contributed by atoms with Crippen molar-refractivity contribution in [1.29, 1.82) is 0 Å². The maximum absolute atomic E-state index is 12.3. The number of amides is 1. The second kappa shape index (κ2) is 8.67. The Labute approximate surface area is 151 Å². The van der Waals surface area contributed by atoms with E-state index in [2.05, 4.69) is 17.2 Å². The number of rotatable bonds is 7. The molecule has 1 amide bonds. The summed E-state index contributed by atoms with van der Waals surface area (Å²) in [5.41, 5.74) is 1.67. The number of carbonyl (C=O) groups excluding carboxylic acids is 1. The number of hydrogen-bond donors (Lipinski definition) is 1. The quantitative estimate of drug-likeness (QED) is 0.623. The van der Waals surface area contributed by atoms with Crippen LogP contribution in [-0.2, 0) is 4.79 Å². The minimum atomic E-state index is 0.0484. The van der Waals surface area contributed by atoms with E-state index in [0.29, 0.717) is 15.2 Å². The number of aromatic nitrogens is 1. The van der Waals surface area contributed by atoms with Crippen molar-refractivity contribution in [3.05, 3.63) is 33.6 Å². The van der Waals surface area contributed by atoms with Crippen LogP contribution in [0.25, 0.3) is 11.3 Å². The second-order valence-corrected chi connectivity index (χ2v) is 7.08. The van der Waals surface area contributed by atoms with Gasteiger partial charge in [0.15, 0.2) is 5.13 Å². The van der Waals surface area contributed by atoms with Crippen LogP contribution in [0, 0.1) is 5.92 Å². The number of hydrogen-bond acceptors (Lipinski definition) is 3. The summed E-state index contributed by atoms with van der Waals surface area (Å²) in [6, 6.07) is 5.39. The van der Waals surface area contributed by atoms with Crippen molar-refractivity contribution >= 4 is 45.6 Å². The smallest absolute Gasteiger partial charge is 0.229 e. The molecule has 0 spiro atoms. The molecule has 124 valence electrons. The Kier molecular flexibility index (Phi) is 6.88. The van der Waals surface area contributed by atoms with Crippen LogP contribution < -0.4 is 5.32 Å². The van der Waals surface area contributed by atoms with Crippen LogP contribution in [0.4, 0.5) is 5.13 Å². The standard InChI is InChI=1S/C17H20Cl2N2OS/c1-3-5-6-11(4-2)16(22)21-17-20-15(10-23-17)12-7-8-13(18)14(19)9-12/h7-11H,3-6H2,1-2H3,(H,20,21,22)/t11-/m0/s1. The fourth-order valence-electron chi connectivity index (χ4n) is 2.30. The lowest BCUT2D eigenvalue weighted by atomic mass is 9.99. The van der Waals surface area contributed by atoms with Crippen LogP contribution in [0.3, 0.4) is 0 Å². The maximum Gasteiger partial charge on any atom is 0.229 e. The number of nitrogens with one attached hydrogen (secondary N) is 1. The topological polar surface area (TPSA) is 42.0 Å². The number of benzene rings is 1. The summed E-state index contributed by atoms with van der Waals surface area (Å²) < 4.78 is 0. The Balaban J connectivity index is 2.06. The van der Waals surface area contributed by atoms with E-state index in [9.17, 15) is 4.79 Å². The predicted molar refractivity (Wildman–Crippen MR) is 99.5 cm³/mol. The van der Waals surface area contributed by atoms with Crippen LogP contribution >= 0.6 is 34.5 Å². The van der Waals surface area contributed by atoms with Gasteiger partial charge < -0.3 is 5.32 Å². The van der Waals surface area contributed by atoms with E-state index in [1.54, 1.807) is 12.1 Å². The van der Waals surface area contributed by atoms with Crippen molar-refractivity contribution in [3.8, 4) is 11.3 Å². The maximum atomic E-state index is 12.3. The van der Waals surface area contributed by atoms with Gasteiger partial charge in [-0.05, 0) is 25.0 Å². The van der Waals surface area contributed by atoms with Gasteiger partial charge in [0, 0.05) is 16.9 Å².